The van der Waals surface area contributed by atoms with Crippen molar-refractivity contribution < 1.29 is 0 Å². The second-order valence-corrected chi connectivity index (χ2v) is 4.90. The van der Waals surface area contributed by atoms with Crippen LogP contribution in [0.3, 0.4) is 0 Å². The molecule has 0 spiro atoms. The number of aromatic amines is 1. The quantitative estimate of drug-likeness (QED) is 0.726. The van der Waals surface area contributed by atoms with E-state index in [4.69, 9.17) is 0 Å². The molecule has 1 heterocycles. The highest BCUT2D eigenvalue weighted by Crippen LogP contribution is 2.31. The summed E-state index contributed by atoms with van der Waals surface area (Å²) in [6, 6.07) is 4.53. The molecule has 0 amide bonds. The van der Waals surface area contributed by atoms with E-state index in [2.05, 4.69) is 51.7 Å². The van der Waals surface area contributed by atoms with Crippen molar-refractivity contribution >= 4 is 0 Å². The minimum absolute atomic E-state index is 0.325. The van der Waals surface area contributed by atoms with Gasteiger partial charge in [0, 0.05) is 16.8 Å². The Balaban J connectivity index is 2.92. The smallest absolute Gasteiger partial charge is 0.0209 e. The van der Waals surface area contributed by atoms with Crippen molar-refractivity contribution in [2.45, 2.75) is 65.2 Å². The second kappa shape index (κ2) is 4.87. The second-order valence-electron chi connectivity index (χ2n) is 4.90. The molecule has 1 aromatic heterocycles. The normalized spacial score (nSPS) is 14.2. The van der Waals surface area contributed by atoms with Gasteiger partial charge in [0.05, 0.1) is 0 Å². The van der Waals surface area contributed by atoms with Gasteiger partial charge in [-0.25, -0.2) is 0 Å². The van der Waals surface area contributed by atoms with Crippen LogP contribution in [0, 0.1) is 0 Å². The summed E-state index contributed by atoms with van der Waals surface area (Å²) in [6.45, 7) is 11.4. The van der Waals surface area contributed by atoms with E-state index in [9.17, 15) is 0 Å². The van der Waals surface area contributed by atoms with Crippen LogP contribution in [0.1, 0.15) is 71.2 Å². The van der Waals surface area contributed by atoms with Crippen LogP contribution in [0.4, 0.5) is 0 Å². The molecule has 0 aliphatic rings. The lowest BCUT2D eigenvalue weighted by Gasteiger charge is -2.25. The first-order valence-corrected chi connectivity index (χ1v) is 6.26. The van der Waals surface area contributed by atoms with E-state index in [-0.39, 0.29) is 0 Å². The van der Waals surface area contributed by atoms with E-state index in [1.54, 1.807) is 0 Å². The predicted octanol–water partition coefficient (Wildman–Crippen LogP) is 4.61. The van der Waals surface area contributed by atoms with Crippen molar-refractivity contribution in [3.8, 4) is 0 Å². The fourth-order valence-electron chi connectivity index (χ4n) is 1.90. The summed E-state index contributed by atoms with van der Waals surface area (Å²) in [5, 5.41) is 0. The molecule has 1 unspecified atom stereocenters. The Hall–Kier alpha value is -0.720. The Kier molecular flexibility index (Phi) is 4.01. The third kappa shape index (κ3) is 2.45. The lowest BCUT2D eigenvalue weighted by Crippen LogP contribution is -2.20. The average Bonchev–Trinajstić information content (AvgIpc) is 2.76. The van der Waals surface area contributed by atoms with Gasteiger partial charge in [-0.3, -0.25) is 0 Å². The molecule has 0 saturated heterocycles. The van der Waals surface area contributed by atoms with E-state index in [1.165, 1.54) is 30.7 Å². The molecule has 86 valence electrons. The van der Waals surface area contributed by atoms with E-state index in [0.717, 1.165) is 0 Å². The molecule has 1 heteroatoms. The Bertz CT molecular complexity index is 294. The van der Waals surface area contributed by atoms with Crippen LogP contribution in [0.5, 0.6) is 0 Å². The van der Waals surface area contributed by atoms with Gasteiger partial charge in [-0.05, 0) is 37.3 Å². The average molecular weight is 207 g/mol. The molecule has 1 nitrogen and oxygen atoms in total. The van der Waals surface area contributed by atoms with Crippen molar-refractivity contribution in [2.24, 2.45) is 0 Å². The summed E-state index contributed by atoms with van der Waals surface area (Å²) in [6.07, 6.45) is 3.60. The predicted molar refractivity (Wildman–Crippen MR) is 67.4 cm³/mol. The fourth-order valence-corrected chi connectivity index (χ4v) is 1.90. The largest absolute Gasteiger partial charge is 0.362 e. The highest BCUT2D eigenvalue weighted by molar-refractivity contribution is 5.22. The fraction of sp³-hybridized carbons (Fsp3) is 0.714. The van der Waals surface area contributed by atoms with E-state index in [1.807, 2.05) is 0 Å². The van der Waals surface area contributed by atoms with Crippen molar-refractivity contribution in [1.29, 1.82) is 0 Å². The SMILES string of the molecule is CCC(C)c1ccc(C(C)(CC)CC)[nH]1. The number of H-pyrrole nitrogens is 1. The molecule has 1 atom stereocenters. The number of nitrogens with one attached hydrogen (secondary N) is 1. The summed E-state index contributed by atoms with van der Waals surface area (Å²) < 4.78 is 0. The Morgan fingerprint density at radius 2 is 1.80 bits per heavy atom. The molecule has 0 fully saturated rings. The molecular weight excluding hydrogens is 182 g/mol. The van der Waals surface area contributed by atoms with Crippen LogP contribution in [0.15, 0.2) is 12.1 Å². The van der Waals surface area contributed by atoms with Gasteiger partial charge in [0.25, 0.3) is 0 Å². The van der Waals surface area contributed by atoms with Gasteiger partial charge in [0.15, 0.2) is 0 Å². The minimum Gasteiger partial charge on any atom is -0.362 e. The zero-order valence-electron chi connectivity index (χ0n) is 10.9. The maximum absolute atomic E-state index is 3.61. The van der Waals surface area contributed by atoms with Crippen molar-refractivity contribution in [3.05, 3.63) is 23.5 Å². The number of rotatable bonds is 5. The topological polar surface area (TPSA) is 15.8 Å². The number of hydrogen-bond acceptors (Lipinski definition) is 0. The summed E-state index contributed by atoms with van der Waals surface area (Å²) in [5.41, 5.74) is 3.12. The molecular formula is C14H25N. The van der Waals surface area contributed by atoms with Crippen LogP contribution in [0.2, 0.25) is 0 Å². The van der Waals surface area contributed by atoms with Crippen molar-refractivity contribution in [3.63, 3.8) is 0 Å². The molecule has 1 N–H and O–H groups in total. The zero-order valence-corrected chi connectivity index (χ0v) is 10.9. The highest BCUT2D eigenvalue weighted by Gasteiger charge is 2.24. The molecule has 0 radical (unpaired) electrons. The maximum atomic E-state index is 3.61. The minimum atomic E-state index is 0.325. The molecule has 0 saturated carbocycles. The Labute approximate surface area is 94.3 Å². The summed E-state index contributed by atoms with van der Waals surface area (Å²) in [4.78, 5) is 3.61. The lowest BCUT2D eigenvalue weighted by molar-refractivity contribution is 0.426. The molecule has 0 bridgehead atoms. The first-order chi connectivity index (χ1) is 7.07. The molecule has 1 aromatic rings. The van der Waals surface area contributed by atoms with E-state index < -0.39 is 0 Å². The van der Waals surface area contributed by atoms with Gasteiger partial charge in [-0.15, -0.1) is 0 Å². The first-order valence-electron chi connectivity index (χ1n) is 6.26. The third-order valence-corrected chi connectivity index (χ3v) is 4.06. The third-order valence-electron chi connectivity index (χ3n) is 4.06. The van der Waals surface area contributed by atoms with Crippen LogP contribution < -0.4 is 0 Å². The summed E-state index contributed by atoms with van der Waals surface area (Å²) in [5.74, 6) is 0.650. The van der Waals surface area contributed by atoms with Gasteiger partial charge in [-0.1, -0.05) is 34.6 Å². The summed E-state index contributed by atoms with van der Waals surface area (Å²) in [7, 11) is 0. The zero-order chi connectivity index (χ0) is 11.5. The van der Waals surface area contributed by atoms with E-state index in [0.29, 0.717) is 11.3 Å². The van der Waals surface area contributed by atoms with Gasteiger partial charge in [0.1, 0.15) is 0 Å². The molecule has 0 aliphatic heterocycles. The van der Waals surface area contributed by atoms with Crippen molar-refractivity contribution in [1.82, 2.24) is 4.98 Å². The molecule has 15 heavy (non-hydrogen) atoms. The van der Waals surface area contributed by atoms with Gasteiger partial charge < -0.3 is 4.98 Å². The monoisotopic (exact) mass is 207 g/mol. The van der Waals surface area contributed by atoms with Crippen LogP contribution >= 0.6 is 0 Å². The maximum Gasteiger partial charge on any atom is 0.0209 e. The Morgan fingerprint density at radius 3 is 2.27 bits per heavy atom. The van der Waals surface area contributed by atoms with Crippen LogP contribution in [0.25, 0.3) is 0 Å². The number of hydrogen-bond donors (Lipinski definition) is 1. The number of aromatic nitrogens is 1. The van der Waals surface area contributed by atoms with Gasteiger partial charge >= 0.3 is 0 Å². The van der Waals surface area contributed by atoms with E-state index >= 15 is 0 Å². The standard InChI is InChI=1S/C14H25N/c1-6-11(4)12-9-10-13(15-12)14(5,7-2)8-3/h9-11,15H,6-8H2,1-5H3. The molecule has 0 aliphatic carbocycles. The highest BCUT2D eigenvalue weighted by atomic mass is 14.8. The molecule has 1 rings (SSSR count). The Morgan fingerprint density at radius 1 is 1.20 bits per heavy atom. The van der Waals surface area contributed by atoms with Crippen molar-refractivity contribution in [2.75, 3.05) is 0 Å². The van der Waals surface area contributed by atoms with Crippen LogP contribution in [-0.4, -0.2) is 4.98 Å². The lowest BCUT2D eigenvalue weighted by atomic mass is 9.82. The first kappa shape index (κ1) is 12.4. The van der Waals surface area contributed by atoms with Crippen LogP contribution in [-0.2, 0) is 5.41 Å². The van der Waals surface area contributed by atoms with Gasteiger partial charge in [-0.2, -0.15) is 0 Å². The molecule has 0 aromatic carbocycles. The summed E-state index contributed by atoms with van der Waals surface area (Å²) >= 11 is 0. The van der Waals surface area contributed by atoms with Gasteiger partial charge in [0.2, 0.25) is 0 Å².